The van der Waals surface area contributed by atoms with Crippen molar-refractivity contribution >= 4 is 11.9 Å². The van der Waals surface area contributed by atoms with Crippen LogP contribution in [0.2, 0.25) is 0 Å². The molecule has 1 atom stereocenters. The summed E-state index contributed by atoms with van der Waals surface area (Å²) < 4.78 is 1.68. The lowest BCUT2D eigenvalue weighted by atomic mass is 9.77. The van der Waals surface area contributed by atoms with Crippen LogP contribution in [-0.2, 0) is 11.3 Å². The highest BCUT2D eigenvalue weighted by Gasteiger charge is 2.42. The molecule has 1 unspecified atom stereocenters. The minimum absolute atomic E-state index is 0.115. The first-order valence-corrected chi connectivity index (χ1v) is 7.50. The van der Waals surface area contributed by atoms with Crippen LogP contribution in [-0.4, -0.2) is 44.8 Å². The van der Waals surface area contributed by atoms with E-state index in [9.17, 15) is 14.7 Å². The Kier molecular flexibility index (Phi) is 4.34. The largest absolute Gasteiger partial charge is 0.481 e. The quantitative estimate of drug-likeness (QED) is 0.920. The summed E-state index contributed by atoms with van der Waals surface area (Å²) >= 11 is 0. The highest BCUT2D eigenvalue weighted by atomic mass is 16.4. The number of hydrogen-bond acceptors (Lipinski definition) is 3. The molecule has 1 aromatic heterocycles. The Hall–Kier alpha value is -1.85. The summed E-state index contributed by atoms with van der Waals surface area (Å²) in [5.74, 6) is -0.918. The number of piperidine rings is 1. The smallest absolute Gasteiger partial charge is 0.311 e. The number of aryl methyl sites for hydroxylation is 2. The Morgan fingerprint density at radius 2 is 2.14 bits per heavy atom. The second-order valence-electron chi connectivity index (χ2n) is 5.76. The summed E-state index contributed by atoms with van der Waals surface area (Å²) in [4.78, 5) is 25.9. The molecule has 1 N–H and O–H groups in total. The highest BCUT2D eigenvalue weighted by Crippen LogP contribution is 2.34. The minimum atomic E-state index is -0.806. The summed E-state index contributed by atoms with van der Waals surface area (Å²) in [5.41, 5.74) is 0.546. The van der Waals surface area contributed by atoms with E-state index >= 15 is 0 Å². The highest BCUT2D eigenvalue weighted by molar-refractivity contribution is 5.93. The number of aliphatic carboxylic acids is 1. The van der Waals surface area contributed by atoms with E-state index in [2.05, 4.69) is 5.10 Å². The molecule has 0 bridgehead atoms. The molecule has 0 aromatic carbocycles. The van der Waals surface area contributed by atoms with E-state index in [1.54, 1.807) is 15.6 Å². The minimum Gasteiger partial charge on any atom is -0.481 e. The SMILES string of the molecule is CCn1nc(C)cc1C(=O)N1CCCC(CC)(C(=O)O)C1. The zero-order valence-corrected chi connectivity index (χ0v) is 12.9. The number of nitrogens with zero attached hydrogens (tertiary/aromatic N) is 3. The summed E-state index contributed by atoms with van der Waals surface area (Å²) in [5, 5.41) is 13.8. The first kappa shape index (κ1) is 15.5. The third kappa shape index (κ3) is 2.80. The molecule has 1 fully saturated rings. The number of carbonyl (C=O) groups is 2. The number of carboxylic acids is 1. The van der Waals surface area contributed by atoms with Gasteiger partial charge in [0.1, 0.15) is 5.69 Å². The van der Waals surface area contributed by atoms with E-state index in [4.69, 9.17) is 0 Å². The van der Waals surface area contributed by atoms with Crippen molar-refractivity contribution in [3.63, 3.8) is 0 Å². The average molecular weight is 293 g/mol. The maximum Gasteiger partial charge on any atom is 0.311 e. The molecule has 116 valence electrons. The van der Waals surface area contributed by atoms with E-state index in [-0.39, 0.29) is 12.5 Å². The number of carboxylic acid groups (broad SMARTS) is 1. The average Bonchev–Trinajstić information content (AvgIpc) is 2.87. The van der Waals surface area contributed by atoms with Gasteiger partial charge in [0.2, 0.25) is 0 Å². The third-order valence-electron chi connectivity index (χ3n) is 4.42. The topological polar surface area (TPSA) is 75.4 Å². The third-order valence-corrected chi connectivity index (χ3v) is 4.42. The molecular formula is C15H23N3O3. The van der Waals surface area contributed by atoms with Gasteiger partial charge in [-0.25, -0.2) is 0 Å². The monoisotopic (exact) mass is 293 g/mol. The number of hydrogen-bond donors (Lipinski definition) is 1. The fraction of sp³-hybridized carbons (Fsp3) is 0.667. The molecule has 2 rings (SSSR count). The first-order chi connectivity index (χ1) is 9.93. The van der Waals surface area contributed by atoms with Crippen molar-refractivity contribution in [2.24, 2.45) is 5.41 Å². The number of rotatable bonds is 4. The zero-order valence-electron chi connectivity index (χ0n) is 12.9. The molecule has 1 aliphatic rings. The van der Waals surface area contributed by atoms with Crippen LogP contribution in [0, 0.1) is 12.3 Å². The maximum atomic E-state index is 12.7. The summed E-state index contributed by atoms with van der Waals surface area (Å²) in [6.45, 7) is 7.19. The Balaban J connectivity index is 2.25. The molecule has 1 aromatic rings. The molecule has 1 aliphatic heterocycles. The van der Waals surface area contributed by atoms with Crippen molar-refractivity contribution < 1.29 is 14.7 Å². The van der Waals surface area contributed by atoms with Crippen molar-refractivity contribution in [2.75, 3.05) is 13.1 Å². The maximum absolute atomic E-state index is 12.7. The van der Waals surface area contributed by atoms with Crippen LogP contribution in [0.3, 0.4) is 0 Å². The van der Waals surface area contributed by atoms with Gasteiger partial charge in [-0.3, -0.25) is 14.3 Å². The van der Waals surface area contributed by atoms with Gasteiger partial charge in [-0.15, -0.1) is 0 Å². The molecule has 2 heterocycles. The summed E-state index contributed by atoms with van der Waals surface area (Å²) in [7, 11) is 0. The number of likely N-dealkylation sites (tertiary alicyclic amines) is 1. The molecule has 21 heavy (non-hydrogen) atoms. The normalized spacial score (nSPS) is 22.3. The Morgan fingerprint density at radius 1 is 1.43 bits per heavy atom. The molecule has 1 amide bonds. The van der Waals surface area contributed by atoms with Gasteiger partial charge in [0, 0.05) is 19.6 Å². The van der Waals surface area contributed by atoms with Gasteiger partial charge in [0.15, 0.2) is 0 Å². The predicted molar refractivity (Wildman–Crippen MR) is 78.1 cm³/mol. The summed E-state index contributed by atoms with van der Waals surface area (Å²) in [6.07, 6.45) is 1.90. The Bertz CT molecular complexity index is 552. The van der Waals surface area contributed by atoms with Gasteiger partial charge >= 0.3 is 5.97 Å². The van der Waals surface area contributed by atoms with Crippen LogP contribution < -0.4 is 0 Å². The lowest BCUT2D eigenvalue weighted by Crippen LogP contribution is -2.50. The van der Waals surface area contributed by atoms with Crippen LogP contribution in [0.5, 0.6) is 0 Å². The van der Waals surface area contributed by atoms with Crippen LogP contribution in [0.1, 0.15) is 49.3 Å². The fourth-order valence-electron chi connectivity index (χ4n) is 3.04. The first-order valence-electron chi connectivity index (χ1n) is 7.50. The van der Waals surface area contributed by atoms with Gasteiger partial charge in [0.05, 0.1) is 11.1 Å². The molecule has 6 heteroatoms. The lowest BCUT2D eigenvalue weighted by molar-refractivity contribution is -0.152. The van der Waals surface area contributed by atoms with E-state index in [0.717, 1.165) is 12.1 Å². The van der Waals surface area contributed by atoms with E-state index in [1.165, 1.54) is 0 Å². The summed E-state index contributed by atoms with van der Waals surface area (Å²) in [6, 6.07) is 1.77. The van der Waals surface area contributed by atoms with Gasteiger partial charge in [-0.2, -0.15) is 5.10 Å². The van der Waals surface area contributed by atoms with E-state index in [1.807, 2.05) is 20.8 Å². The molecular weight excluding hydrogens is 270 g/mol. The van der Waals surface area contributed by atoms with Gasteiger partial charge < -0.3 is 10.0 Å². The molecule has 6 nitrogen and oxygen atoms in total. The number of carbonyl (C=O) groups excluding carboxylic acids is 1. The number of amides is 1. The van der Waals surface area contributed by atoms with Crippen molar-refractivity contribution in [3.05, 3.63) is 17.5 Å². The lowest BCUT2D eigenvalue weighted by Gasteiger charge is -2.39. The van der Waals surface area contributed by atoms with Crippen LogP contribution in [0.15, 0.2) is 6.07 Å². The number of aromatic nitrogens is 2. The van der Waals surface area contributed by atoms with Gasteiger partial charge in [-0.1, -0.05) is 6.92 Å². The van der Waals surface area contributed by atoms with Gasteiger partial charge in [-0.05, 0) is 39.2 Å². The van der Waals surface area contributed by atoms with Crippen molar-refractivity contribution in [2.45, 2.75) is 46.6 Å². The fourth-order valence-corrected chi connectivity index (χ4v) is 3.04. The second kappa shape index (κ2) is 5.87. The van der Waals surface area contributed by atoms with Crippen molar-refractivity contribution in [1.29, 1.82) is 0 Å². The Morgan fingerprint density at radius 3 is 2.71 bits per heavy atom. The van der Waals surface area contributed by atoms with E-state index < -0.39 is 11.4 Å². The zero-order chi connectivity index (χ0) is 15.6. The van der Waals surface area contributed by atoms with Crippen LogP contribution in [0.25, 0.3) is 0 Å². The molecule has 0 radical (unpaired) electrons. The van der Waals surface area contributed by atoms with Crippen LogP contribution >= 0.6 is 0 Å². The Labute approximate surface area is 124 Å². The van der Waals surface area contributed by atoms with E-state index in [0.29, 0.717) is 31.6 Å². The molecule has 0 saturated carbocycles. The van der Waals surface area contributed by atoms with Crippen molar-refractivity contribution in [3.8, 4) is 0 Å². The van der Waals surface area contributed by atoms with Gasteiger partial charge in [0.25, 0.3) is 5.91 Å². The van der Waals surface area contributed by atoms with Crippen LogP contribution in [0.4, 0.5) is 0 Å². The second-order valence-corrected chi connectivity index (χ2v) is 5.76. The molecule has 1 saturated heterocycles. The van der Waals surface area contributed by atoms with Crippen molar-refractivity contribution in [1.82, 2.24) is 14.7 Å². The standard InChI is InChI=1S/C15H23N3O3/c1-4-15(14(20)21)7-6-8-17(10-15)13(19)12-9-11(3)16-18(12)5-2/h9H,4-8,10H2,1-3H3,(H,20,21). The molecule has 0 spiro atoms. The molecule has 0 aliphatic carbocycles. The predicted octanol–water partition coefficient (Wildman–Crippen LogP) is 1.93.